The lowest BCUT2D eigenvalue weighted by Gasteiger charge is -2.42. The Balaban J connectivity index is 1.45. The Morgan fingerprint density at radius 3 is 2.65 bits per heavy atom. The maximum atomic E-state index is 13.5. The average molecular weight is 497 g/mol. The van der Waals surface area contributed by atoms with Crippen molar-refractivity contribution in [2.45, 2.75) is 37.4 Å². The molecule has 10 heteroatoms. The fourth-order valence-corrected chi connectivity index (χ4v) is 5.39. The summed E-state index contributed by atoms with van der Waals surface area (Å²) in [7, 11) is 0. The van der Waals surface area contributed by atoms with Gasteiger partial charge in [-0.1, -0.05) is 41.6 Å². The van der Waals surface area contributed by atoms with E-state index in [-0.39, 0.29) is 17.6 Å². The first kappa shape index (κ1) is 22.7. The van der Waals surface area contributed by atoms with E-state index < -0.39 is 5.54 Å². The van der Waals surface area contributed by atoms with Gasteiger partial charge >= 0.3 is 0 Å². The summed E-state index contributed by atoms with van der Waals surface area (Å²) in [5.41, 5.74) is 1.14. The van der Waals surface area contributed by atoms with Gasteiger partial charge in [-0.15, -0.1) is 10.2 Å². The van der Waals surface area contributed by atoms with E-state index in [0.29, 0.717) is 21.6 Å². The minimum absolute atomic E-state index is 0.101. The van der Waals surface area contributed by atoms with Crippen LogP contribution in [0.5, 0.6) is 0 Å². The van der Waals surface area contributed by atoms with Crippen molar-refractivity contribution in [1.29, 1.82) is 0 Å². The molecule has 2 aromatic carbocycles. The van der Waals surface area contributed by atoms with Crippen molar-refractivity contribution in [3.63, 3.8) is 0 Å². The van der Waals surface area contributed by atoms with Crippen molar-refractivity contribution in [1.82, 2.24) is 14.8 Å². The Bertz CT molecular complexity index is 1250. The number of para-hydroxylation sites is 2. The summed E-state index contributed by atoms with van der Waals surface area (Å²) in [5.74, 6) is 0.449. The van der Waals surface area contributed by atoms with Crippen LogP contribution in [0.1, 0.15) is 26.7 Å². The number of halogens is 1. The van der Waals surface area contributed by atoms with Crippen LogP contribution in [0.3, 0.4) is 0 Å². The van der Waals surface area contributed by atoms with Crippen molar-refractivity contribution in [2.75, 3.05) is 34.0 Å². The number of anilines is 3. The van der Waals surface area contributed by atoms with Gasteiger partial charge in [-0.2, -0.15) is 0 Å². The average Bonchev–Trinajstić information content (AvgIpc) is 3.48. The number of carbonyl (C=O) groups excluding carboxylic acids is 2. The van der Waals surface area contributed by atoms with Crippen molar-refractivity contribution in [3.05, 3.63) is 53.6 Å². The zero-order valence-corrected chi connectivity index (χ0v) is 20.6. The first-order valence-corrected chi connectivity index (χ1v) is 12.6. The van der Waals surface area contributed by atoms with Crippen LogP contribution < -0.4 is 15.1 Å². The molecule has 2 amide bonds. The minimum Gasteiger partial charge on any atom is -0.341 e. The zero-order chi connectivity index (χ0) is 23.9. The first-order valence-electron chi connectivity index (χ1n) is 11.2. The number of rotatable bonds is 5. The molecule has 0 aliphatic carbocycles. The summed E-state index contributed by atoms with van der Waals surface area (Å²) in [4.78, 5) is 30.0. The molecule has 2 aliphatic rings. The number of hydrogen-bond acceptors (Lipinski definition) is 6. The molecule has 34 heavy (non-hydrogen) atoms. The molecule has 1 aromatic heterocycles. The monoisotopic (exact) mass is 496 g/mol. The van der Waals surface area contributed by atoms with E-state index in [1.807, 2.05) is 47.0 Å². The molecule has 1 saturated heterocycles. The fraction of sp³-hybridized carbons (Fsp3) is 0.333. The predicted molar refractivity (Wildman–Crippen MR) is 135 cm³/mol. The highest BCUT2D eigenvalue weighted by Gasteiger charge is 2.43. The van der Waals surface area contributed by atoms with E-state index in [1.165, 1.54) is 11.8 Å². The summed E-state index contributed by atoms with van der Waals surface area (Å²) in [6.07, 6.45) is 2.21. The second-order valence-corrected chi connectivity index (χ2v) is 10.2. The second kappa shape index (κ2) is 8.96. The smallest absolute Gasteiger partial charge is 0.250 e. The number of thioether (sulfide) groups is 1. The molecular formula is C24H25ClN6O2S. The molecule has 8 nitrogen and oxygen atoms in total. The van der Waals surface area contributed by atoms with Crippen LogP contribution in [0.4, 0.5) is 17.3 Å². The highest BCUT2D eigenvalue weighted by Crippen LogP contribution is 2.38. The molecule has 0 radical (unpaired) electrons. The van der Waals surface area contributed by atoms with Gasteiger partial charge in [0.05, 0.1) is 22.8 Å². The summed E-state index contributed by atoms with van der Waals surface area (Å²) in [6, 6.07) is 14.9. The summed E-state index contributed by atoms with van der Waals surface area (Å²) in [5, 5.41) is 13.0. The molecule has 3 aromatic rings. The third kappa shape index (κ3) is 4.03. The number of nitrogens with one attached hydrogen (secondary N) is 1. The van der Waals surface area contributed by atoms with Gasteiger partial charge < -0.3 is 10.2 Å². The Labute approximate surface area is 207 Å². The van der Waals surface area contributed by atoms with Gasteiger partial charge in [0.25, 0.3) is 0 Å². The molecule has 2 aliphatic heterocycles. The van der Waals surface area contributed by atoms with E-state index in [9.17, 15) is 9.59 Å². The number of nitrogens with zero attached hydrogens (tertiary/aromatic N) is 5. The van der Waals surface area contributed by atoms with E-state index >= 15 is 0 Å². The zero-order valence-electron chi connectivity index (χ0n) is 19.0. The van der Waals surface area contributed by atoms with E-state index in [0.717, 1.165) is 37.6 Å². The van der Waals surface area contributed by atoms with Crippen molar-refractivity contribution in [3.8, 4) is 5.69 Å². The number of amides is 2. The molecule has 0 unspecified atom stereocenters. The summed E-state index contributed by atoms with van der Waals surface area (Å²) in [6.45, 7) is 5.33. The highest BCUT2D eigenvalue weighted by molar-refractivity contribution is 7.99. The van der Waals surface area contributed by atoms with E-state index in [1.54, 1.807) is 24.8 Å². The van der Waals surface area contributed by atoms with Gasteiger partial charge in [0, 0.05) is 18.1 Å². The SMILES string of the molecule is CC1(C)C(=O)Nc2ccccc2N1C(=O)CSc1nnc(N2CCCC2)n1-c1cccc(Cl)c1. The van der Waals surface area contributed by atoms with Gasteiger partial charge in [-0.05, 0) is 57.0 Å². The fourth-order valence-electron chi connectivity index (χ4n) is 4.41. The van der Waals surface area contributed by atoms with Crippen molar-refractivity contribution < 1.29 is 9.59 Å². The third-order valence-corrected chi connectivity index (χ3v) is 7.30. The number of fused-ring (bicyclic) bond motifs is 1. The molecule has 5 rings (SSSR count). The van der Waals surface area contributed by atoms with E-state index in [4.69, 9.17) is 11.6 Å². The summed E-state index contributed by atoms with van der Waals surface area (Å²) >= 11 is 7.58. The normalized spacial score (nSPS) is 17.0. The Hall–Kier alpha value is -3.04. The van der Waals surface area contributed by atoms with Crippen LogP contribution in [0.15, 0.2) is 53.7 Å². The predicted octanol–water partition coefficient (Wildman–Crippen LogP) is 4.38. The number of carbonyl (C=O) groups is 2. The van der Waals surface area contributed by atoms with Crippen molar-refractivity contribution in [2.24, 2.45) is 0 Å². The van der Waals surface area contributed by atoms with E-state index in [2.05, 4.69) is 20.4 Å². The first-order chi connectivity index (χ1) is 16.4. The van der Waals surface area contributed by atoms with Crippen LogP contribution in [-0.4, -0.2) is 51.0 Å². The van der Waals surface area contributed by atoms with Gasteiger partial charge in [0.1, 0.15) is 5.54 Å². The maximum Gasteiger partial charge on any atom is 0.250 e. The molecule has 0 saturated carbocycles. The molecule has 0 spiro atoms. The van der Waals surface area contributed by atoms with Gasteiger partial charge in [-0.3, -0.25) is 19.1 Å². The maximum absolute atomic E-state index is 13.5. The number of aromatic nitrogens is 3. The largest absolute Gasteiger partial charge is 0.341 e. The molecule has 3 heterocycles. The van der Waals surface area contributed by atoms with Crippen LogP contribution in [-0.2, 0) is 9.59 Å². The lowest BCUT2D eigenvalue weighted by molar-refractivity contribution is -0.125. The van der Waals surface area contributed by atoms with Crippen molar-refractivity contribution >= 4 is 52.5 Å². The summed E-state index contributed by atoms with van der Waals surface area (Å²) < 4.78 is 1.96. The number of hydrogen-bond donors (Lipinski definition) is 1. The van der Waals surface area contributed by atoms with Gasteiger partial charge in [0.15, 0.2) is 5.16 Å². The lowest BCUT2D eigenvalue weighted by atomic mass is 9.96. The second-order valence-electron chi connectivity index (χ2n) is 8.84. The topological polar surface area (TPSA) is 83.4 Å². The van der Waals surface area contributed by atoms with Gasteiger partial charge in [0.2, 0.25) is 17.8 Å². The van der Waals surface area contributed by atoms with Crippen LogP contribution in [0.2, 0.25) is 5.02 Å². The third-order valence-electron chi connectivity index (χ3n) is 6.15. The Morgan fingerprint density at radius 1 is 1.12 bits per heavy atom. The highest BCUT2D eigenvalue weighted by atomic mass is 35.5. The molecule has 0 bridgehead atoms. The molecule has 0 atom stereocenters. The Kier molecular flexibility index (Phi) is 5.99. The molecule has 176 valence electrons. The van der Waals surface area contributed by atoms with Crippen LogP contribution >= 0.6 is 23.4 Å². The standard InChI is InChI=1S/C24H25ClN6O2S/c1-24(2)21(33)26-18-10-3-4-11-19(18)31(24)20(32)15-34-23-28-27-22(29-12-5-6-13-29)30(23)17-9-7-8-16(25)14-17/h3-4,7-11,14H,5-6,12-13,15H2,1-2H3,(H,26,33). The van der Waals surface area contributed by atoms with Gasteiger partial charge in [-0.25, -0.2) is 0 Å². The molecule has 1 N–H and O–H groups in total. The molecular weight excluding hydrogens is 472 g/mol. The van der Waals surface area contributed by atoms with Crippen LogP contribution in [0, 0.1) is 0 Å². The number of benzene rings is 2. The minimum atomic E-state index is -1.02. The lowest BCUT2D eigenvalue weighted by Crippen LogP contribution is -2.59. The molecule has 1 fully saturated rings. The quantitative estimate of drug-likeness (QED) is 0.528. The van der Waals surface area contributed by atoms with Crippen LogP contribution in [0.25, 0.3) is 5.69 Å². The Morgan fingerprint density at radius 2 is 1.88 bits per heavy atom.